The highest BCUT2D eigenvalue weighted by molar-refractivity contribution is 8.00. The molecule has 2 rings (SSSR count). The monoisotopic (exact) mass is 408 g/mol. The summed E-state index contributed by atoms with van der Waals surface area (Å²) in [6, 6.07) is 13.4. The second kappa shape index (κ2) is 9.25. The second-order valence-electron chi connectivity index (χ2n) is 6.20. The van der Waals surface area contributed by atoms with E-state index >= 15 is 0 Å². The van der Waals surface area contributed by atoms with Crippen LogP contribution in [0.2, 0.25) is 0 Å². The molecule has 0 aromatic heterocycles. The number of hydrogen-bond acceptors (Lipinski definition) is 5. The molecule has 1 unspecified atom stereocenters. The van der Waals surface area contributed by atoms with Crippen LogP contribution in [-0.2, 0) is 14.8 Å². The minimum atomic E-state index is -3.55. The topological polar surface area (TPSA) is 84.5 Å². The largest absolute Gasteiger partial charge is 0.496 e. The van der Waals surface area contributed by atoms with Crippen LogP contribution in [0.1, 0.15) is 20.8 Å². The number of ether oxygens (including phenoxy) is 1. The van der Waals surface area contributed by atoms with Crippen molar-refractivity contribution in [3.8, 4) is 5.75 Å². The third-order valence-electron chi connectivity index (χ3n) is 3.57. The lowest BCUT2D eigenvalue weighted by Crippen LogP contribution is -2.30. The normalized spacial score (nSPS) is 12.6. The highest BCUT2D eigenvalue weighted by Gasteiger charge is 2.18. The summed E-state index contributed by atoms with van der Waals surface area (Å²) >= 11 is 1.39. The number of nitrogens with one attached hydrogen (secondary N) is 2. The van der Waals surface area contributed by atoms with Crippen LogP contribution in [0.3, 0.4) is 0 Å². The summed E-state index contributed by atoms with van der Waals surface area (Å²) in [5, 5.41) is 2.45. The molecule has 0 heterocycles. The zero-order valence-electron chi connectivity index (χ0n) is 15.7. The molecule has 2 N–H and O–H groups in total. The van der Waals surface area contributed by atoms with Crippen molar-refractivity contribution in [2.75, 3.05) is 12.4 Å². The van der Waals surface area contributed by atoms with Crippen LogP contribution in [0.5, 0.6) is 5.75 Å². The van der Waals surface area contributed by atoms with Crippen LogP contribution < -0.4 is 14.8 Å². The molecule has 0 fully saturated rings. The molecular weight excluding hydrogens is 384 g/mol. The Balaban J connectivity index is 2.03. The fraction of sp³-hybridized carbons (Fsp3) is 0.316. The van der Waals surface area contributed by atoms with Crippen LogP contribution >= 0.6 is 11.8 Å². The van der Waals surface area contributed by atoms with Gasteiger partial charge in [0.15, 0.2) is 0 Å². The maximum Gasteiger partial charge on any atom is 0.240 e. The fourth-order valence-electron chi connectivity index (χ4n) is 2.30. The number of anilines is 1. The molecule has 0 bridgehead atoms. The van der Waals surface area contributed by atoms with E-state index in [0.29, 0.717) is 5.69 Å². The van der Waals surface area contributed by atoms with Gasteiger partial charge in [0.2, 0.25) is 15.9 Å². The van der Waals surface area contributed by atoms with Crippen LogP contribution in [0.25, 0.3) is 0 Å². The van der Waals surface area contributed by atoms with Crippen molar-refractivity contribution >= 4 is 33.4 Å². The Morgan fingerprint density at radius 2 is 1.67 bits per heavy atom. The van der Waals surface area contributed by atoms with E-state index in [2.05, 4.69) is 10.0 Å². The van der Waals surface area contributed by atoms with E-state index in [9.17, 15) is 13.2 Å². The van der Waals surface area contributed by atoms with Gasteiger partial charge in [-0.1, -0.05) is 12.1 Å². The second-order valence-corrected chi connectivity index (χ2v) is 9.30. The summed E-state index contributed by atoms with van der Waals surface area (Å²) < 4.78 is 32.1. The van der Waals surface area contributed by atoms with E-state index in [1.807, 2.05) is 24.3 Å². The number of amides is 1. The maximum atomic E-state index is 12.4. The summed E-state index contributed by atoms with van der Waals surface area (Å²) in [7, 11) is -1.96. The number of hydrogen-bond donors (Lipinski definition) is 2. The van der Waals surface area contributed by atoms with Crippen molar-refractivity contribution in [1.29, 1.82) is 0 Å². The van der Waals surface area contributed by atoms with Gasteiger partial charge >= 0.3 is 0 Å². The van der Waals surface area contributed by atoms with Crippen molar-refractivity contribution in [3.05, 3.63) is 48.5 Å². The van der Waals surface area contributed by atoms with Crippen molar-refractivity contribution in [2.45, 2.75) is 41.9 Å². The number of benzene rings is 2. The van der Waals surface area contributed by atoms with E-state index in [-0.39, 0.29) is 22.1 Å². The number of methoxy groups -OCH3 is 1. The Bertz CT molecular complexity index is 881. The first kappa shape index (κ1) is 21.3. The van der Waals surface area contributed by atoms with Gasteiger partial charge in [-0.05, 0) is 57.2 Å². The number of carbonyl (C=O) groups excluding carboxylic acids is 1. The van der Waals surface area contributed by atoms with Crippen molar-refractivity contribution < 1.29 is 17.9 Å². The number of para-hydroxylation sites is 1. The number of thioether (sulfide) groups is 1. The molecule has 0 saturated heterocycles. The average Bonchev–Trinajstić information content (AvgIpc) is 2.61. The van der Waals surface area contributed by atoms with E-state index in [1.165, 1.54) is 23.9 Å². The zero-order chi connectivity index (χ0) is 20.0. The number of sulfonamides is 1. The molecule has 0 radical (unpaired) electrons. The van der Waals surface area contributed by atoms with Crippen LogP contribution in [-0.4, -0.2) is 32.7 Å². The first-order valence-electron chi connectivity index (χ1n) is 8.46. The molecule has 8 heteroatoms. The molecule has 1 amide bonds. The van der Waals surface area contributed by atoms with Crippen LogP contribution in [0, 0.1) is 0 Å². The Kier molecular flexibility index (Phi) is 7.29. The van der Waals surface area contributed by atoms with Crippen molar-refractivity contribution in [3.63, 3.8) is 0 Å². The Hall–Kier alpha value is -2.03. The molecule has 0 saturated carbocycles. The minimum absolute atomic E-state index is 0.158. The lowest BCUT2D eigenvalue weighted by Gasteiger charge is -2.14. The lowest BCUT2D eigenvalue weighted by molar-refractivity contribution is -0.115. The molecule has 1 atom stereocenters. The van der Waals surface area contributed by atoms with Gasteiger partial charge in [0.05, 0.1) is 22.2 Å². The van der Waals surface area contributed by atoms with Gasteiger partial charge < -0.3 is 10.1 Å². The molecule has 27 heavy (non-hydrogen) atoms. The molecule has 6 nitrogen and oxygen atoms in total. The molecule has 0 aliphatic heterocycles. The first-order chi connectivity index (χ1) is 12.7. The quantitative estimate of drug-likeness (QED) is 0.653. The van der Waals surface area contributed by atoms with Gasteiger partial charge in [-0.25, -0.2) is 13.1 Å². The van der Waals surface area contributed by atoms with Gasteiger partial charge in [0, 0.05) is 11.7 Å². The van der Waals surface area contributed by atoms with E-state index in [0.717, 1.165) is 10.6 Å². The van der Waals surface area contributed by atoms with Gasteiger partial charge in [0.1, 0.15) is 5.75 Å². The number of carbonyl (C=O) groups is 1. The summed E-state index contributed by atoms with van der Waals surface area (Å²) in [5.74, 6) is 0.538. The first-order valence-corrected chi connectivity index (χ1v) is 10.8. The Morgan fingerprint density at radius 1 is 1.04 bits per heavy atom. The van der Waals surface area contributed by atoms with Gasteiger partial charge in [-0.2, -0.15) is 0 Å². The summed E-state index contributed by atoms with van der Waals surface area (Å²) in [6.07, 6.45) is 0. The summed E-state index contributed by atoms with van der Waals surface area (Å²) in [6.45, 7) is 5.32. The van der Waals surface area contributed by atoms with Crippen LogP contribution in [0.4, 0.5) is 5.69 Å². The predicted octanol–water partition coefficient (Wildman–Crippen LogP) is 3.50. The van der Waals surface area contributed by atoms with Gasteiger partial charge in [0.25, 0.3) is 0 Å². The standard InChI is InChI=1S/C19H24N2O4S2/c1-13(2)21-27(23,24)16-11-9-15(10-12-16)20-19(22)14(3)26-18-8-6-5-7-17(18)25-4/h5-14,21H,1-4H3,(H,20,22). The molecule has 0 aliphatic carbocycles. The summed E-state index contributed by atoms with van der Waals surface area (Å²) in [5.41, 5.74) is 0.538. The highest BCUT2D eigenvalue weighted by atomic mass is 32.2. The molecule has 0 aliphatic rings. The van der Waals surface area contributed by atoms with Crippen molar-refractivity contribution in [2.24, 2.45) is 0 Å². The Labute approximate surface area is 164 Å². The molecular formula is C19H24N2O4S2. The van der Waals surface area contributed by atoms with E-state index in [1.54, 1.807) is 40.0 Å². The minimum Gasteiger partial charge on any atom is -0.496 e. The molecule has 146 valence electrons. The third kappa shape index (κ3) is 5.98. The molecule has 2 aromatic carbocycles. The maximum absolute atomic E-state index is 12.4. The summed E-state index contributed by atoms with van der Waals surface area (Å²) in [4.78, 5) is 13.5. The van der Waals surface area contributed by atoms with Gasteiger partial charge in [-0.3, -0.25) is 4.79 Å². The van der Waals surface area contributed by atoms with Crippen LogP contribution in [0.15, 0.2) is 58.3 Å². The lowest BCUT2D eigenvalue weighted by atomic mass is 10.3. The SMILES string of the molecule is COc1ccccc1SC(C)C(=O)Nc1ccc(S(=O)(=O)NC(C)C)cc1. The predicted molar refractivity (Wildman–Crippen MR) is 109 cm³/mol. The third-order valence-corrected chi connectivity index (χ3v) is 6.40. The van der Waals surface area contributed by atoms with Crippen molar-refractivity contribution in [1.82, 2.24) is 4.72 Å². The number of rotatable bonds is 8. The Morgan fingerprint density at radius 3 is 2.26 bits per heavy atom. The molecule has 2 aromatic rings. The smallest absolute Gasteiger partial charge is 0.240 e. The fourth-order valence-corrected chi connectivity index (χ4v) is 4.52. The zero-order valence-corrected chi connectivity index (χ0v) is 17.4. The van der Waals surface area contributed by atoms with Gasteiger partial charge in [-0.15, -0.1) is 11.8 Å². The molecule has 0 spiro atoms. The van der Waals surface area contributed by atoms with E-state index in [4.69, 9.17) is 4.74 Å². The van der Waals surface area contributed by atoms with E-state index < -0.39 is 10.0 Å². The average molecular weight is 409 g/mol. The highest BCUT2D eigenvalue weighted by Crippen LogP contribution is 2.32.